The van der Waals surface area contributed by atoms with Gasteiger partial charge in [0.15, 0.2) is 0 Å². The summed E-state index contributed by atoms with van der Waals surface area (Å²) in [6.07, 6.45) is -7.42. The number of benzene rings is 2. The molecule has 33 heavy (non-hydrogen) atoms. The van der Waals surface area contributed by atoms with Gasteiger partial charge < -0.3 is 10.4 Å². The van der Waals surface area contributed by atoms with Gasteiger partial charge in [0.1, 0.15) is 0 Å². The zero-order valence-corrected chi connectivity index (χ0v) is 17.7. The number of carboxylic acids is 1. The van der Waals surface area contributed by atoms with Crippen molar-refractivity contribution in [2.24, 2.45) is 17.8 Å². The molecule has 2 bridgehead atoms. The van der Waals surface area contributed by atoms with Gasteiger partial charge in [0.25, 0.3) is 0 Å². The fourth-order valence-electron chi connectivity index (χ4n) is 6.21. The molecule has 176 valence electrons. The second kappa shape index (κ2) is 7.29. The molecule has 3 nitrogen and oxygen atoms in total. The molecule has 2 fully saturated rings. The number of carboxylic acid groups (broad SMARTS) is 1. The summed E-state index contributed by atoms with van der Waals surface area (Å²) < 4.78 is 81.0. The maximum atomic E-state index is 13.5. The quantitative estimate of drug-likeness (QED) is 0.433. The third kappa shape index (κ3) is 3.64. The van der Waals surface area contributed by atoms with Crippen molar-refractivity contribution in [2.45, 2.75) is 43.6 Å². The minimum Gasteiger partial charge on any atom is -0.478 e. The van der Waals surface area contributed by atoms with E-state index in [-0.39, 0.29) is 51.6 Å². The van der Waals surface area contributed by atoms with Gasteiger partial charge in [-0.25, -0.2) is 4.79 Å². The number of hydrogen-bond acceptors (Lipinski definition) is 2. The number of halogens is 7. The van der Waals surface area contributed by atoms with Crippen LogP contribution in [0.25, 0.3) is 0 Å². The molecule has 1 heterocycles. The standard InChI is InChI=1S/C23H18ClF6NO2/c24-14-7-15-17-9-1-2-10(3-9)18(17)19(31-20(15)16(8-14)21(32)33)11-4-12(22(25,26)27)6-13(5-11)23(28,29)30/h4-10,17-19,31H,1-3H2,(H,32,33)/t9-,10-,17+,18+,19+/m0/s1. The normalized spacial score (nSPS) is 28.3. The smallest absolute Gasteiger partial charge is 0.416 e. The SMILES string of the molecule is O=C(O)c1cc(Cl)cc2c1N[C@H](c1cc(C(F)(F)F)cc(C(F)(F)F)c1)[C@@H]1[C@H]3CC[C@@H](C3)[C@H]21. The van der Waals surface area contributed by atoms with Crippen LogP contribution in [0.4, 0.5) is 32.0 Å². The summed E-state index contributed by atoms with van der Waals surface area (Å²) in [6, 6.07) is 3.63. The Morgan fingerprint density at radius 1 is 0.939 bits per heavy atom. The number of anilines is 1. The van der Waals surface area contributed by atoms with E-state index < -0.39 is 35.5 Å². The minimum absolute atomic E-state index is 0.112. The molecule has 5 atom stereocenters. The molecule has 0 unspecified atom stereocenters. The Bertz CT molecular complexity index is 1110. The van der Waals surface area contributed by atoms with Crippen molar-refractivity contribution in [2.75, 3.05) is 5.32 Å². The van der Waals surface area contributed by atoms with Crippen molar-refractivity contribution in [3.8, 4) is 0 Å². The predicted octanol–water partition coefficient (Wildman–Crippen LogP) is 7.37. The molecule has 0 spiro atoms. The first-order valence-corrected chi connectivity index (χ1v) is 10.8. The van der Waals surface area contributed by atoms with Crippen LogP contribution in [0.3, 0.4) is 0 Å². The van der Waals surface area contributed by atoms with E-state index in [2.05, 4.69) is 5.32 Å². The molecular weight excluding hydrogens is 472 g/mol. The fraction of sp³-hybridized carbons (Fsp3) is 0.435. The molecule has 3 aliphatic rings. The van der Waals surface area contributed by atoms with Gasteiger partial charge in [0, 0.05) is 5.02 Å². The van der Waals surface area contributed by atoms with Gasteiger partial charge in [0.2, 0.25) is 0 Å². The van der Waals surface area contributed by atoms with E-state index in [1.165, 1.54) is 6.07 Å². The van der Waals surface area contributed by atoms with E-state index in [9.17, 15) is 36.2 Å². The maximum absolute atomic E-state index is 13.5. The summed E-state index contributed by atoms with van der Waals surface area (Å²) in [5.74, 6) is -1.44. The molecule has 0 saturated heterocycles. The van der Waals surface area contributed by atoms with Gasteiger partial charge in [0.05, 0.1) is 28.4 Å². The van der Waals surface area contributed by atoms with E-state index in [4.69, 9.17) is 11.6 Å². The number of aromatic carboxylic acids is 1. The second-order valence-electron chi connectivity index (χ2n) is 9.12. The van der Waals surface area contributed by atoms with E-state index in [1.807, 2.05) is 0 Å². The van der Waals surface area contributed by atoms with Crippen molar-refractivity contribution in [3.63, 3.8) is 0 Å². The van der Waals surface area contributed by atoms with Crippen molar-refractivity contribution < 1.29 is 36.2 Å². The van der Waals surface area contributed by atoms with Crippen molar-refractivity contribution in [1.29, 1.82) is 0 Å². The van der Waals surface area contributed by atoms with Gasteiger partial charge >= 0.3 is 18.3 Å². The Morgan fingerprint density at radius 2 is 1.55 bits per heavy atom. The zero-order valence-electron chi connectivity index (χ0n) is 16.9. The summed E-state index contributed by atoms with van der Waals surface area (Å²) in [7, 11) is 0. The largest absolute Gasteiger partial charge is 0.478 e. The van der Waals surface area contributed by atoms with Crippen LogP contribution in [0.5, 0.6) is 0 Å². The Kier molecular flexibility index (Phi) is 4.94. The molecular formula is C23H18ClF6NO2. The average Bonchev–Trinajstić information content (AvgIpc) is 3.33. The van der Waals surface area contributed by atoms with E-state index in [0.29, 0.717) is 5.56 Å². The van der Waals surface area contributed by atoms with Crippen LogP contribution in [0.1, 0.15) is 63.8 Å². The summed E-state index contributed by atoms with van der Waals surface area (Å²) in [5, 5.41) is 13.0. The molecule has 10 heteroatoms. The molecule has 2 aromatic carbocycles. The van der Waals surface area contributed by atoms with Gasteiger partial charge in [-0.1, -0.05) is 11.6 Å². The molecule has 2 N–H and O–H groups in total. The first kappa shape index (κ1) is 22.4. The first-order chi connectivity index (χ1) is 15.3. The van der Waals surface area contributed by atoms with Gasteiger partial charge in [-0.15, -0.1) is 0 Å². The van der Waals surface area contributed by atoms with Crippen molar-refractivity contribution in [3.05, 3.63) is 63.2 Å². The highest BCUT2D eigenvalue weighted by Gasteiger charge is 2.54. The number of carbonyl (C=O) groups is 1. The molecule has 0 amide bonds. The van der Waals surface area contributed by atoms with Crippen LogP contribution < -0.4 is 5.32 Å². The highest BCUT2D eigenvalue weighted by molar-refractivity contribution is 6.31. The average molecular weight is 490 g/mol. The lowest BCUT2D eigenvalue weighted by Crippen LogP contribution is -2.36. The molecule has 2 aliphatic carbocycles. The van der Waals surface area contributed by atoms with Gasteiger partial charge in [-0.3, -0.25) is 0 Å². The highest BCUT2D eigenvalue weighted by atomic mass is 35.5. The van der Waals surface area contributed by atoms with Gasteiger partial charge in [-0.05, 0) is 84.4 Å². The van der Waals surface area contributed by atoms with E-state index in [1.54, 1.807) is 6.07 Å². The number of rotatable bonds is 2. The van der Waals surface area contributed by atoms with Crippen molar-refractivity contribution in [1.82, 2.24) is 0 Å². The Hall–Kier alpha value is -2.42. The third-order valence-corrected chi connectivity index (χ3v) is 7.58. The van der Waals surface area contributed by atoms with Crippen molar-refractivity contribution >= 4 is 23.3 Å². The lowest BCUT2D eigenvalue weighted by Gasteiger charge is -2.44. The molecule has 0 aromatic heterocycles. The van der Waals surface area contributed by atoms with Crippen LogP contribution in [0.15, 0.2) is 30.3 Å². The zero-order chi connectivity index (χ0) is 23.9. The maximum Gasteiger partial charge on any atom is 0.416 e. The minimum atomic E-state index is -4.96. The van der Waals surface area contributed by atoms with Crippen LogP contribution in [-0.2, 0) is 12.4 Å². The van der Waals surface area contributed by atoms with E-state index >= 15 is 0 Å². The number of alkyl halides is 6. The summed E-state index contributed by atoms with van der Waals surface area (Å²) in [4.78, 5) is 11.9. The van der Waals surface area contributed by atoms with Crippen LogP contribution in [0.2, 0.25) is 5.02 Å². The highest BCUT2D eigenvalue weighted by Crippen LogP contribution is 2.64. The summed E-state index contributed by atoms with van der Waals surface area (Å²) in [6.45, 7) is 0. The van der Waals surface area contributed by atoms with Crippen LogP contribution in [-0.4, -0.2) is 11.1 Å². The topological polar surface area (TPSA) is 49.3 Å². The Labute approximate surface area is 189 Å². The summed E-state index contributed by atoms with van der Waals surface area (Å²) >= 11 is 6.17. The number of hydrogen-bond donors (Lipinski definition) is 2. The van der Waals surface area contributed by atoms with Gasteiger partial charge in [-0.2, -0.15) is 26.3 Å². The van der Waals surface area contributed by atoms with E-state index in [0.717, 1.165) is 31.4 Å². The number of nitrogens with one attached hydrogen (secondary N) is 1. The Balaban J connectivity index is 1.71. The van der Waals surface area contributed by atoms with Crippen LogP contribution in [0, 0.1) is 17.8 Å². The number of fused-ring (bicyclic) bond motifs is 7. The molecule has 5 rings (SSSR count). The Morgan fingerprint density at radius 3 is 2.12 bits per heavy atom. The molecule has 0 radical (unpaired) electrons. The lowest BCUT2D eigenvalue weighted by atomic mass is 9.67. The lowest BCUT2D eigenvalue weighted by molar-refractivity contribution is -0.143. The predicted molar refractivity (Wildman–Crippen MR) is 108 cm³/mol. The second-order valence-corrected chi connectivity index (χ2v) is 9.56. The monoisotopic (exact) mass is 489 g/mol. The molecule has 2 aromatic rings. The first-order valence-electron chi connectivity index (χ1n) is 10.5. The third-order valence-electron chi connectivity index (χ3n) is 7.36. The molecule has 1 aliphatic heterocycles. The van der Waals surface area contributed by atoms with Crippen LogP contribution >= 0.6 is 11.6 Å². The summed E-state index contributed by atoms with van der Waals surface area (Å²) in [5.41, 5.74) is -2.15. The molecule has 2 saturated carbocycles. The fourth-order valence-corrected chi connectivity index (χ4v) is 6.44.